The number of allylic oxidation sites excluding steroid dienone is 4. The first-order valence-electron chi connectivity index (χ1n) is 14.1. The molecular formula is C29H42BrN5O2. The number of nitrogens with zero attached hydrogens (tertiary/aromatic N) is 5. The van der Waals surface area contributed by atoms with Gasteiger partial charge in [0, 0.05) is 29.2 Å². The quantitative estimate of drug-likeness (QED) is 0.477. The van der Waals surface area contributed by atoms with Crippen molar-refractivity contribution in [2.24, 2.45) is 4.99 Å². The lowest BCUT2D eigenvalue weighted by atomic mass is 9.88. The number of aliphatic imine (C=N–C) groups is 1. The predicted octanol–water partition coefficient (Wildman–Crippen LogP) is 5.62. The Morgan fingerprint density at radius 3 is 2.51 bits per heavy atom. The van der Waals surface area contributed by atoms with Gasteiger partial charge >= 0.3 is 6.01 Å². The first-order chi connectivity index (χ1) is 17.7. The zero-order valence-corrected chi connectivity index (χ0v) is 24.7. The van der Waals surface area contributed by atoms with Gasteiger partial charge in [0.2, 0.25) is 0 Å². The number of fused-ring (bicyclic) bond motifs is 2. The molecule has 0 spiro atoms. The number of anilines is 1. The highest BCUT2D eigenvalue weighted by molar-refractivity contribution is 9.12. The van der Waals surface area contributed by atoms with Crippen LogP contribution in [0.1, 0.15) is 90.8 Å². The van der Waals surface area contributed by atoms with Gasteiger partial charge in [-0.3, -0.25) is 9.89 Å². The second-order valence-electron chi connectivity index (χ2n) is 11.7. The molecule has 1 N–H and O–H groups in total. The van der Waals surface area contributed by atoms with Crippen molar-refractivity contribution in [1.82, 2.24) is 14.9 Å². The molecule has 3 fully saturated rings. The van der Waals surface area contributed by atoms with E-state index in [-0.39, 0.29) is 11.6 Å². The number of halogens is 1. The highest BCUT2D eigenvalue weighted by atomic mass is 79.9. The van der Waals surface area contributed by atoms with Crippen LogP contribution in [-0.2, 0) is 0 Å². The molecule has 1 aromatic rings. The van der Waals surface area contributed by atoms with Crippen molar-refractivity contribution >= 4 is 38.6 Å². The Kier molecular flexibility index (Phi) is 7.55. The van der Waals surface area contributed by atoms with E-state index in [1.807, 2.05) is 6.92 Å². The monoisotopic (exact) mass is 571 g/mol. The van der Waals surface area contributed by atoms with E-state index in [1.165, 1.54) is 38.8 Å². The number of hydrogen-bond donors (Lipinski definition) is 1. The number of aromatic nitrogens is 2. The Bertz CT molecular complexity index is 1130. The molecule has 0 bridgehead atoms. The highest BCUT2D eigenvalue weighted by Crippen LogP contribution is 2.44. The first-order valence-corrected chi connectivity index (χ1v) is 14.9. The van der Waals surface area contributed by atoms with E-state index >= 15 is 0 Å². The summed E-state index contributed by atoms with van der Waals surface area (Å²) in [5, 5.41) is 11.0. The highest BCUT2D eigenvalue weighted by Gasteiger charge is 2.45. The average Bonchev–Trinajstić information content (AvgIpc) is 3.45. The Balaban J connectivity index is 1.60. The van der Waals surface area contributed by atoms with E-state index in [0.29, 0.717) is 19.2 Å². The molecule has 3 saturated heterocycles. The van der Waals surface area contributed by atoms with Crippen LogP contribution >= 0.6 is 15.9 Å². The van der Waals surface area contributed by atoms with Crippen LogP contribution in [0.25, 0.3) is 11.1 Å². The summed E-state index contributed by atoms with van der Waals surface area (Å²) in [6.07, 6.45) is 9.64. The summed E-state index contributed by atoms with van der Waals surface area (Å²) in [5.41, 5.74) is 4.29. The number of β-amino-alcohol motifs (C(OH)–C–C–N with tert-alkyl or cyclic N) is 1. The second-order valence-corrected chi connectivity index (χ2v) is 12.5. The van der Waals surface area contributed by atoms with Crippen LogP contribution in [0.3, 0.4) is 0 Å². The lowest BCUT2D eigenvalue weighted by Gasteiger charge is -2.39. The van der Waals surface area contributed by atoms with Gasteiger partial charge < -0.3 is 14.7 Å². The first kappa shape index (κ1) is 26.8. The molecular weight excluding hydrogens is 530 g/mol. The number of ether oxygens (including phenoxy) is 1. The third-order valence-electron chi connectivity index (χ3n) is 8.77. The lowest BCUT2D eigenvalue weighted by Crippen LogP contribution is -2.47. The zero-order chi connectivity index (χ0) is 26.4. The molecule has 5 rings (SSSR count). The maximum atomic E-state index is 11.0. The molecule has 202 valence electrons. The SMILES string of the molecule is C/C=C1\C(=NC(C)CC)C(Br)=C(C)c2nc(OCC34CCCN3CCC4)nc(N3CCC[C@@](C)(O)C3)c21. The topological polar surface area (TPSA) is 74.1 Å². The van der Waals surface area contributed by atoms with E-state index in [9.17, 15) is 5.11 Å². The summed E-state index contributed by atoms with van der Waals surface area (Å²) in [6.45, 7) is 14.7. The van der Waals surface area contributed by atoms with Gasteiger partial charge in [0.15, 0.2) is 0 Å². The van der Waals surface area contributed by atoms with Crippen molar-refractivity contribution in [2.75, 3.05) is 37.7 Å². The van der Waals surface area contributed by atoms with Crippen LogP contribution in [0, 0.1) is 0 Å². The molecule has 7 nitrogen and oxygen atoms in total. The molecule has 4 heterocycles. The second kappa shape index (κ2) is 10.4. The molecule has 0 radical (unpaired) electrons. The van der Waals surface area contributed by atoms with Gasteiger partial charge in [0.25, 0.3) is 0 Å². The Labute approximate surface area is 230 Å². The molecule has 0 amide bonds. The lowest BCUT2D eigenvalue weighted by molar-refractivity contribution is 0.0446. The third-order valence-corrected chi connectivity index (χ3v) is 9.74. The molecule has 1 aromatic heterocycles. The molecule has 3 aliphatic heterocycles. The fourth-order valence-electron chi connectivity index (χ4n) is 6.54. The number of rotatable bonds is 6. The molecule has 4 aliphatic rings. The molecule has 1 aliphatic carbocycles. The minimum absolute atomic E-state index is 0.129. The van der Waals surface area contributed by atoms with Crippen LogP contribution < -0.4 is 9.64 Å². The van der Waals surface area contributed by atoms with Crippen LogP contribution in [0.4, 0.5) is 5.82 Å². The predicted molar refractivity (Wildman–Crippen MR) is 155 cm³/mol. The van der Waals surface area contributed by atoms with Crippen LogP contribution in [0.5, 0.6) is 6.01 Å². The van der Waals surface area contributed by atoms with Gasteiger partial charge in [-0.1, -0.05) is 13.0 Å². The maximum absolute atomic E-state index is 11.0. The average molecular weight is 573 g/mol. The van der Waals surface area contributed by atoms with Gasteiger partial charge in [-0.05, 0) is 107 Å². The smallest absolute Gasteiger partial charge is 0.319 e. The molecule has 8 heteroatoms. The fourth-order valence-corrected chi connectivity index (χ4v) is 7.04. The van der Waals surface area contributed by atoms with E-state index in [4.69, 9.17) is 19.7 Å². The summed E-state index contributed by atoms with van der Waals surface area (Å²) in [7, 11) is 0. The molecule has 0 aromatic carbocycles. The van der Waals surface area contributed by atoms with Crippen LogP contribution in [0.15, 0.2) is 15.6 Å². The van der Waals surface area contributed by atoms with Crippen molar-refractivity contribution in [1.29, 1.82) is 0 Å². The van der Waals surface area contributed by atoms with Crippen LogP contribution in [-0.4, -0.2) is 75.7 Å². The van der Waals surface area contributed by atoms with E-state index in [0.717, 1.165) is 64.2 Å². The normalized spacial score (nSPS) is 28.7. The van der Waals surface area contributed by atoms with E-state index in [2.05, 4.69) is 59.5 Å². The summed E-state index contributed by atoms with van der Waals surface area (Å²) >= 11 is 3.87. The Hall–Kier alpha value is -1.77. The van der Waals surface area contributed by atoms with Gasteiger partial charge in [-0.2, -0.15) is 9.97 Å². The van der Waals surface area contributed by atoms with Crippen molar-refractivity contribution in [3.05, 3.63) is 21.8 Å². The standard InChI is InChI=1S/C29H42BrN5O2/c1-6-19(3)31-25-21(7-2)22-24(20(4)23(25)30)32-27(33-26(22)34-14-8-11-28(5,36)17-34)37-18-29-12-9-15-35(29)16-10-13-29/h7,19,36H,6,8-18H2,1-5H3/b21-7-,31-25?/t19?,28-/m1/s1. The summed E-state index contributed by atoms with van der Waals surface area (Å²) in [6, 6.07) is 0.638. The number of hydrogen-bond acceptors (Lipinski definition) is 7. The summed E-state index contributed by atoms with van der Waals surface area (Å²) in [5.74, 6) is 0.844. The molecule has 1 unspecified atom stereocenters. The Morgan fingerprint density at radius 1 is 1.16 bits per heavy atom. The summed E-state index contributed by atoms with van der Waals surface area (Å²) < 4.78 is 7.44. The minimum Gasteiger partial charge on any atom is -0.461 e. The van der Waals surface area contributed by atoms with Crippen molar-refractivity contribution in [3.63, 3.8) is 0 Å². The molecule has 0 saturated carbocycles. The third kappa shape index (κ3) is 5.01. The van der Waals surface area contributed by atoms with Crippen molar-refractivity contribution in [3.8, 4) is 6.01 Å². The van der Waals surface area contributed by atoms with Crippen molar-refractivity contribution < 1.29 is 9.84 Å². The summed E-state index contributed by atoms with van der Waals surface area (Å²) in [4.78, 5) is 20.0. The van der Waals surface area contributed by atoms with Gasteiger partial charge in [-0.25, -0.2) is 0 Å². The van der Waals surface area contributed by atoms with E-state index in [1.54, 1.807) is 0 Å². The number of aliphatic hydroxyl groups is 1. The molecule has 2 atom stereocenters. The number of piperidine rings is 1. The molecule has 37 heavy (non-hydrogen) atoms. The van der Waals surface area contributed by atoms with Gasteiger partial charge in [-0.15, -0.1) is 0 Å². The largest absolute Gasteiger partial charge is 0.461 e. The van der Waals surface area contributed by atoms with E-state index < -0.39 is 5.60 Å². The van der Waals surface area contributed by atoms with Crippen molar-refractivity contribution in [2.45, 2.75) is 96.7 Å². The zero-order valence-electron chi connectivity index (χ0n) is 23.1. The Morgan fingerprint density at radius 2 is 1.86 bits per heavy atom. The van der Waals surface area contributed by atoms with Gasteiger partial charge in [0.05, 0.1) is 28.1 Å². The van der Waals surface area contributed by atoms with Crippen LogP contribution in [0.2, 0.25) is 0 Å². The maximum Gasteiger partial charge on any atom is 0.319 e. The minimum atomic E-state index is -0.756. The van der Waals surface area contributed by atoms with Gasteiger partial charge in [0.1, 0.15) is 12.4 Å². The fraction of sp³-hybridized carbons (Fsp3) is 0.690.